The fourth-order valence-corrected chi connectivity index (χ4v) is 1.48. The van der Waals surface area contributed by atoms with Crippen molar-refractivity contribution in [2.45, 2.75) is 45.0 Å². The Hall–Kier alpha value is -0.990. The summed E-state index contributed by atoms with van der Waals surface area (Å²) < 4.78 is 27.0. The maximum Gasteiger partial charge on any atom is 0.289 e. The molecule has 0 radical (unpaired) electrons. The number of alkyl halides is 2. The minimum atomic E-state index is -2.77. The van der Waals surface area contributed by atoms with Gasteiger partial charge >= 0.3 is 0 Å². The largest absolute Gasteiger partial charge is 0.289 e. The van der Waals surface area contributed by atoms with E-state index < -0.39 is 5.92 Å². The molecule has 0 amide bonds. The standard InChI is InChI=1S/C12H17F2N/c1-2-3-4-6-9-12(13,14)11-8-5-7-10-15-11/h5,7-8,10H,2-4,6,9H2,1H3. The lowest BCUT2D eigenvalue weighted by Crippen LogP contribution is -2.14. The van der Waals surface area contributed by atoms with Crippen LogP contribution in [0.1, 0.15) is 44.7 Å². The maximum absolute atomic E-state index is 13.5. The second-order valence-electron chi connectivity index (χ2n) is 3.73. The first kappa shape index (κ1) is 12.1. The molecule has 0 N–H and O–H groups in total. The lowest BCUT2D eigenvalue weighted by atomic mass is 10.1. The number of hydrogen-bond acceptors (Lipinski definition) is 1. The van der Waals surface area contributed by atoms with E-state index >= 15 is 0 Å². The van der Waals surface area contributed by atoms with Gasteiger partial charge in [-0.2, -0.15) is 8.78 Å². The molecule has 3 heteroatoms. The van der Waals surface area contributed by atoms with Gasteiger partial charge in [-0.3, -0.25) is 4.98 Å². The number of rotatable bonds is 6. The molecule has 1 aromatic rings. The molecule has 0 unspecified atom stereocenters. The van der Waals surface area contributed by atoms with Crippen molar-refractivity contribution in [1.29, 1.82) is 0 Å². The summed E-state index contributed by atoms with van der Waals surface area (Å²) in [5.41, 5.74) is -0.110. The summed E-state index contributed by atoms with van der Waals surface area (Å²) in [6, 6.07) is 4.64. The Morgan fingerprint density at radius 3 is 2.60 bits per heavy atom. The molecule has 0 aromatic carbocycles. The van der Waals surface area contributed by atoms with Gasteiger partial charge in [0.1, 0.15) is 5.69 Å². The molecule has 0 saturated heterocycles. The minimum absolute atomic E-state index is 0.0932. The molecular formula is C12H17F2N. The van der Waals surface area contributed by atoms with Gasteiger partial charge < -0.3 is 0 Å². The molecule has 1 rings (SSSR count). The molecule has 0 aliphatic heterocycles. The molecule has 0 saturated carbocycles. The Bertz CT molecular complexity index is 272. The Morgan fingerprint density at radius 1 is 1.20 bits per heavy atom. The number of hydrogen-bond donors (Lipinski definition) is 0. The van der Waals surface area contributed by atoms with Crippen molar-refractivity contribution in [1.82, 2.24) is 4.98 Å². The molecule has 0 atom stereocenters. The van der Waals surface area contributed by atoms with Gasteiger partial charge in [-0.05, 0) is 18.6 Å². The third kappa shape index (κ3) is 3.94. The van der Waals surface area contributed by atoms with E-state index in [2.05, 4.69) is 11.9 Å². The summed E-state index contributed by atoms with van der Waals surface area (Å²) in [5, 5.41) is 0. The lowest BCUT2D eigenvalue weighted by molar-refractivity contribution is -0.0201. The average Bonchev–Trinajstić information content (AvgIpc) is 2.26. The van der Waals surface area contributed by atoms with Gasteiger partial charge in [0, 0.05) is 12.6 Å². The summed E-state index contributed by atoms with van der Waals surface area (Å²) in [4.78, 5) is 3.70. The second kappa shape index (κ2) is 5.79. The zero-order valence-corrected chi connectivity index (χ0v) is 9.05. The quantitative estimate of drug-likeness (QED) is 0.647. The Morgan fingerprint density at radius 2 is 2.00 bits per heavy atom. The molecule has 0 bridgehead atoms. The van der Waals surface area contributed by atoms with Crippen LogP contribution in [0.2, 0.25) is 0 Å². The van der Waals surface area contributed by atoms with Crippen molar-refractivity contribution in [3.05, 3.63) is 30.1 Å². The predicted molar refractivity (Wildman–Crippen MR) is 56.9 cm³/mol. The predicted octanol–water partition coefficient (Wildman–Crippen LogP) is 4.14. The van der Waals surface area contributed by atoms with Crippen LogP contribution in [-0.2, 0) is 5.92 Å². The van der Waals surface area contributed by atoms with E-state index in [0.717, 1.165) is 19.3 Å². The van der Waals surface area contributed by atoms with Crippen LogP contribution in [0.25, 0.3) is 0 Å². The van der Waals surface area contributed by atoms with E-state index in [1.165, 1.54) is 12.3 Å². The SMILES string of the molecule is CCCCCCC(F)(F)c1ccccn1. The highest BCUT2D eigenvalue weighted by Crippen LogP contribution is 2.31. The van der Waals surface area contributed by atoms with Crippen LogP contribution >= 0.6 is 0 Å². The molecule has 1 nitrogen and oxygen atoms in total. The first-order valence-corrected chi connectivity index (χ1v) is 5.46. The van der Waals surface area contributed by atoms with Crippen LogP contribution in [0.5, 0.6) is 0 Å². The number of unbranched alkanes of at least 4 members (excludes halogenated alkanes) is 3. The minimum Gasteiger partial charge on any atom is -0.255 e. The molecule has 0 aliphatic carbocycles. The molecule has 15 heavy (non-hydrogen) atoms. The first-order chi connectivity index (χ1) is 7.17. The monoisotopic (exact) mass is 213 g/mol. The van der Waals surface area contributed by atoms with E-state index in [0.29, 0.717) is 6.42 Å². The van der Waals surface area contributed by atoms with Crippen LogP contribution < -0.4 is 0 Å². The summed E-state index contributed by atoms with van der Waals surface area (Å²) in [6.07, 6.45) is 4.85. The van der Waals surface area contributed by atoms with Crippen LogP contribution in [-0.4, -0.2) is 4.98 Å². The van der Waals surface area contributed by atoms with Gasteiger partial charge in [0.15, 0.2) is 0 Å². The van der Waals surface area contributed by atoms with Crippen LogP contribution in [0.15, 0.2) is 24.4 Å². The van der Waals surface area contributed by atoms with Crippen molar-refractivity contribution >= 4 is 0 Å². The number of pyridine rings is 1. The van der Waals surface area contributed by atoms with Crippen molar-refractivity contribution in [2.75, 3.05) is 0 Å². The smallest absolute Gasteiger partial charge is 0.255 e. The zero-order chi connectivity index (χ0) is 11.1. The maximum atomic E-state index is 13.5. The number of halogens is 2. The Labute approximate surface area is 89.5 Å². The fraction of sp³-hybridized carbons (Fsp3) is 0.583. The number of nitrogens with zero attached hydrogens (tertiary/aromatic N) is 1. The normalized spacial score (nSPS) is 11.7. The Kier molecular flexibility index (Phi) is 4.66. The molecule has 0 fully saturated rings. The van der Waals surface area contributed by atoms with Crippen molar-refractivity contribution in [3.8, 4) is 0 Å². The van der Waals surface area contributed by atoms with E-state index in [-0.39, 0.29) is 12.1 Å². The van der Waals surface area contributed by atoms with Gasteiger partial charge in [-0.15, -0.1) is 0 Å². The summed E-state index contributed by atoms with van der Waals surface area (Å²) in [5.74, 6) is -2.77. The van der Waals surface area contributed by atoms with Gasteiger partial charge in [-0.25, -0.2) is 0 Å². The molecular weight excluding hydrogens is 196 g/mol. The van der Waals surface area contributed by atoms with Crippen molar-refractivity contribution < 1.29 is 8.78 Å². The molecule has 1 aromatic heterocycles. The summed E-state index contributed by atoms with van der Waals surface area (Å²) >= 11 is 0. The molecule has 84 valence electrons. The van der Waals surface area contributed by atoms with Crippen molar-refractivity contribution in [2.24, 2.45) is 0 Å². The Balaban J connectivity index is 2.45. The molecule has 1 heterocycles. The second-order valence-corrected chi connectivity index (χ2v) is 3.73. The third-order valence-electron chi connectivity index (χ3n) is 2.38. The van der Waals surface area contributed by atoms with E-state index in [1.807, 2.05) is 0 Å². The van der Waals surface area contributed by atoms with E-state index in [4.69, 9.17) is 0 Å². The summed E-state index contributed by atoms with van der Waals surface area (Å²) in [7, 11) is 0. The molecule has 0 spiro atoms. The zero-order valence-electron chi connectivity index (χ0n) is 9.05. The summed E-state index contributed by atoms with van der Waals surface area (Å²) in [6.45, 7) is 2.07. The van der Waals surface area contributed by atoms with Gasteiger partial charge in [0.2, 0.25) is 0 Å². The van der Waals surface area contributed by atoms with Crippen LogP contribution in [0.4, 0.5) is 8.78 Å². The highest BCUT2D eigenvalue weighted by atomic mass is 19.3. The van der Waals surface area contributed by atoms with Crippen LogP contribution in [0, 0.1) is 0 Å². The topological polar surface area (TPSA) is 12.9 Å². The van der Waals surface area contributed by atoms with Gasteiger partial charge in [0.25, 0.3) is 5.92 Å². The highest BCUT2D eigenvalue weighted by Gasteiger charge is 2.31. The fourth-order valence-electron chi connectivity index (χ4n) is 1.48. The average molecular weight is 213 g/mol. The van der Waals surface area contributed by atoms with E-state index in [9.17, 15) is 8.78 Å². The van der Waals surface area contributed by atoms with Crippen molar-refractivity contribution in [3.63, 3.8) is 0 Å². The third-order valence-corrected chi connectivity index (χ3v) is 2.38. The molecule has 0 aliphatic rings. The highest BCUT2D eigenvalue weighted by molar-refractivity contribution is 5.09. The van der Waals surface area contributed by atoms with Gasteiger partial charge in [0.05, 0.1) is 0 Å². The van der Waals surface area contributed by atoms with Gasteiger partial charge in [-0.1, -0.05) is 32.3 Å². The first-order valence-electron chi connectivity index (χ1n) is 5.46. The van der Waals surface area contributed by atoms with Crippen LogP contribution in [0.3, 0.4) is 0 Å². The lowest BCUT2D eigenvalue weighted by Gasteiger charge is -2.15. The van der Waals surface area contributed by atoms with E-state index in [1.54, 1.807) is 12.1 Å². The number of aromatic nitrogens is 1.